The Morgan fingerprint density at radius 2 is 1.90 bits per heavy atom. The second-order valence-electron chi connectivity index (χ2n) is 5.01. The third-order valence-corrected chi connectivity index (χ3v) is 3.08. The molecule has 0 radical (unpaired) electrons. The van der Waals surface area contributed by atoms with E-state index in [1.54, 1.807) is 6.92 Å². The zero-order valence-corrected chi connectivity index (χ0v) is 12.1. The molecule has 1 amide bonds. The summed E-state index contributed by atoms with van der Waals surface area (Å²) in [6.45, 7) is 0.558. The summed E-state index contributed by atoms with van der Waals surface area (Å²) in [6.07, 6.45) is -3.03. The van der Waals surface area contributed by atoms with Crippen molar-refractivity contribution in [2.24, 2.45) is 5.73 Å². The zero-order valence-electron chi connectivity index (χ0n) is 12.1. The lowest BCUT2D eigenvalue weighted by Crippen LogP contribution is -2.47. The van der Waals surface area contributed by atoms with Crippen molar-refractivity contribution in [1.29, 1.82) is 0 Å². The van der Waals surface area contributed by atoms with Crippen LogP contribution in [-0.2, 0) is 11.2 Å². The van der Waals surface area contributed by atoms with E-state index < -0.39 is 24.7 Å². The number of nitrogens with zero attached hydrogens (tertiary/aromatic N) is 1. The highest BCUT2D eigenvalue weighted by atomic mass is 19.4. The number of benzene rings is 1. The van der Waals surface area contributed by atoms with E-state index in [4.69, 9.17) is 5.73 Å². The van der Waals surface area contributed by atoms with Crippen molar-refractivity contribution in [2.75, 3.05) is 13.1 Å². The third kappa shape index (κ3) is 6.62. The second kappa shape index (κ2) is 8.02. The van der Waals surface area contributed by atoms with Gasteiger partial charge in [0.05, 0.1) is 6.04 Å². The highest BCUT2D eigenvalue weighted by molar-refractivity contribution is 5.81. The van der Waals surface area contributed by atoms with Crippen LogP contribution in [0.15, 0.2) is 30.3 Å². The van der Waals surface area contributed by atoms with Gasteiger partial charge < -0.3 is 10.6 Å². The average Bonchev–Trinajstić information content (AvgIpc) is 2.43. The minimum absolute atomic E-state index is 0.0668. The summed E-state index contributed by atoms with van der Waals surface area (Å²) >= 11 is 0. The fourth-order valence-corrected chi connectivity index (χ4v) is 2.08. The molecule has 0 aliphatic heterocycles. The van der Waals surface area contributed by atoms with Gasteiger partial charge in [-0.2, -0.15) is 13.2 Å². The van der Waals surface area contributed by atoms with Crippen molar-refractivity contribution in [3.8, 4) is 0 Å². The molecular formula is C15H21F3N2O. The van der Waals surface area contributed by atoms with Crippen LogP contribution in [-0.4, -0.2) is 36.1 Å². The minimum Gasteiger partial charge on any atom is -0.332 e. The molecule has 0 aliphatic carbocycles. The van der Waals surface area contributed by atoms with Crippen LogP contribution >= 0.6 is 0 Å². The molecule has 6 heteroatoms. The summed E-state index contributed by atoms with van der Waals surface area (Å²) in [6, 6.07) is 8.51. The highest BCUT2D eigenvalue weighted by Crippen LogP contribution is 2.17. The Morgan fingerprint density at radius 1 is 1.29 bits per heavy atom. The number of rotatable bonds is 7. The van der Waals surface area contributed by atoms with Gasteiger partial charge in [0, 0.05) is 6.54 Å². The topological polar surface area (TPSA) is 46.3 Å². The summed E-state index contributed by atoms with van der Waals surface area (Å²) in [7, 11) is 0. The normalized spacial score (nSPS) is 13.0. The smallest absolute Gasteiger partial charge is 0.332 e. The molecule has 2 N–H and O–H groups in total. The van der Waals surface area contributed by atoms with E-state index in [1.165, 1.54) is 0 Å². The van der Waals surface area contributed by atoms with E-state index in [0.29, 0.717) is 19.3 Å². The van der Waals surface area contributed by atoms with Crippen molar-refractivity contribution < 1.29 is 18.0 Å². The number of amides is 1. The largest absolute Gasteiger partial charge is 0.406 e. The van der Waals surface area contributed by atoms with Gasteiger partial charge in [-0.1, -0.05) is 37.3 Å². The predicted molar refractivity (Wildman–Crippen MR) is 75.7 cm³/mol. The molecule has 0 unspecified atom stereocenters. The highest BCUT2D eigenvalue weighted by Gasteiger charge is 2.34. The molecule has 1 atom stereocenters. The van der Waals surface area contributed by atoms with Crippen LogP contribution in [0.5, 0.6) is 0 Å². The van der Waals surface area contributed by atoms with Gasteiger partial charge in [-0.3, -0.25) is 4.79 Å². The van der Waals surface area contributed by atoms with E-state index in [2.05, 4.69) is 0 Å². The Labute approximate surface area is 122 Å². The Morgan fingerprint density at radius 3 is 2.43 bits per heavy atom. The molecule has 0 heterocycles. The number of carbonyl (C=O) groups is 1. The van der Waals surface area contributed by atoms with Crippen LogP contribution in [0.2, 0.25) is 0 Å². The average molecular weight is 302 g/mol. The van der Waals surface area contributed by atoms with Crippen molar-refractivity contribution in [3.63, 3.8) is 0 Å². The Bertz CT molecular complexity index is 434. The standard InChI is InChI=1S/C15H21F3N2O/c1-2-10-20(11-15(16,17)18)14(21)13(19)9-8-12-6-4-3-5-7-12/h3-7,13H,2,8-11,19H2,1H3/t13-/m0/s1. The molecule has 0 saturated carbocycles. The summed E-state index contributed by atoms with van der Waals surface area (Å²) in [5.74, 6) is -0.634. The van der Waals surface area contributed by atoms with Gasteiger partial charge >= 0.3 is 6.18 Å². The van der Waals surface area contributed by atoms with E-state index in [-0.39, 0.29) is 6.54 Å². The van der Waals surface area contributed by atoms with Crippen LogP contribution in [0.1, 0.15) is 25.3 Å². The molecule has 3 nitrogen and oxygen atoms in total. The molecule has 118 valence electrons. The van der Waals surface area contributed by atoms with Crippen molar-refractivity contribution in [3.05, 3.63) is 35.9 Å². The number of halogens is 3. The quantitative estimate of drug-likeness (QED) is 0.842. The van der Waals surface area contributed by atoms with E-state index in [9.17, 15) is 18.0 Å². The number of aryl methyl sites for hydroxylation is 1. The fraction of sp³-hybridized carbons (Fsp3) is 0.533. The van der Waals surface area contributed by atoms with Gasteiger partial charge in [0.15, 0.2) is 0 Å². The summed E-state index contributed by atoms with van der Waals surface area (Å²) in [4.78, 5) is 12.8. The van der Waals surface area contributed by atoms with Gasteiger partial charge in [-0.05, 0) is 24.8 Å². The van der Waals surface area contributed by atoms with E-state index >= 15 is 0 Å². The van der Waals surface area contributed by atoms with Crippen molar-refractivity contribution in [1.82, 2.24) is 4.90 Å². The molecule has 0 bridgehead atoms. The van der Waals surface area contributed by atoms with Crippen molar-refractivity contribution >= 4 is 5.91 Å². The molecule has 1 aromatic rings. The van der Waals surface area contributed by atoms with E-state index in [1.807, 2.05) is 30.3 Å². The van der Waals surface area contributed by atoms with Gasteiger partial charge in [0.1, 0.15) is 6.54 Å². The number of alkyl halides is 3. The maximum Gasteiger partial charge on any atom is 0.406 e. The number of hydrogen-bond acceptors (Lipinski definition) is 2. The lowest BCUT2D eigenvalue weighted by molar-refractivity contribution is -0.162. The SMILES string of the molecule is CCCN(CC(F)(F)F)C(=O)[C@@H](N)CCc1ccccc1. The first-order valence-corrected chi connectivity index (χ1v) is 6.98. The molecule has 0 saturated heterocycles. The molecule has 1 aromatic carbocycles. The van der Waals surface area contributed by atoms with Gasteiger partial charge in [-0.15, -0.1) is 0 Å². The lowest BCUT2D eigenvalue weighted by Gasteiger charge is -2.26. The first-order valence-electron chi connectivity index (χ1n) is 6.98. The van der Waals surface area contributed by atoms with Gasteiger partial charge in [0.25, 0.3) is 0 Å². The van der Waals surface area contributed by atoms with E-state index in [0.717, 1.165) is 10.5 Å². The molecular weight excluding hydrogens is 281 g/mol. The molecule has 0 spiro atoms. The maximum absolute atomic E-state index is 12.5. The second-order valence-corrected chi connectivity index (χ2v) is 5.01. The first kappa shape index (κ1) is 17.5. The van der Waals surface area contributed by atoms with Gasteiger partial charge in [-0.25, -0.2) is 0 Å². The summed E-state index contributed by atoms with van der Waals surface area (Å²) in [5.41, 5.74) is 6.77. The predicted octanol–water partition coefficient (Wildman–Crippen LogP) is 2.75. The Kier molecular flexibility index (Phi) is 6.68. The zero-order chi connectivity index (χ0) is 15.9. The minimum atomic E-state index is -4.40. The monoisotopic (exact) mass is 302 g/mol. The fourth-order valence-electron chi connectivity index (χ4n) is 2.08. The Hall–Kier alpha value is -1.56. The molecule has 21 heavy (non-hydrogen) atoms. The number of hydrogen-bond donors (Lipinski definition) is 1. The summed E-state index contributed by atoms with van der Waals surface area (Å²) < 4.78 is 37.4. The maximum atomic E-state index is 12.5. The molecule has 0 fully saturated rings. The van der Waals surface area contributed by atoms with Gasteiger partial charge in [0.2, 0.25) is 5.91 Å². The molecule has 0 aromatic heterocycles. The van der Waals surface area contributed by atoms with Crippen LogP contribution in [0.4, 0.5) is 13.2 Å². The lowest BCUT2D eigenvalue weighted by atomic mass is 10.0. The molecule has 1 rings (SSSR count). The third-order valence-electron chi connectivity index (χ3n) is 3.08. The number of nitrogens with two attached hydrogens (primary N) is 1. The van der Waals surface area contributed by atoms with Crippen LogP contribution in [0, 0.1) is 0 Å². The van der Waals surface area contributed by atoms with Crippen LogP contribution in [0.3, 0.4) is 0 Å². The molecule has 0 aliphatic rings. The number of carbonyl (C=O) groups excluding carboxylic acids is 1. The Balaban J connectivity index is 2.57. The summed E-state index contributed by atoms with van der Waals surface area (Å²) in [5, 5.41) is 0. The van der Waals surface area contributed by atoms with Crippen LogP contribution < -0.4 is 5.73 Å². The first-order chi connectivity index (χ1) is 9.83. The van der Waals surface area contributed by atoms with Crippen LogP contribution in [0.25, 0.3) is 0 Å². The van der Waals surface area contributed by atoms with Crippen molar-refractivity contribution in [2.45, 2.75) is 38.4 Å².